The zero-order chi connectivity index (χ0) is 18.7. The van der Waals surface area contributed by atoms with Crippen molar-refractivity contribution in [2.24, 2.45) is 13.0 Å². The number of nitriles is 1. The molecule has 0 aliphatic rings. The van der Waals surface area contributed by atoms with Gasteiger partial charge >= 0.3 is 0 Å². The van der Waals surface area contributed by atoms with Crippen LogP contribution in [0.25, 0.3) is 10.9 Å². The molecule has 3 rings (SSSR count). The zero-order valence-corrected chi connectivity index (χ0v) is 14.4. The highest BCUT2D eigenvalue weighted by atomic mass is 16.5. The maximum atomic E-state index is 12.8. The van der Waals surface area contributed by atoms with E-state index in [0.29, 0.717) is 17.1 Å². The molecule has 0 fully saturated rings. The lowest BCUT2D eigenvalue weighted by atomic mass is 10.0. The number of aryl methyl sites for hydroxylation is 1. The number of benzene rings is 2. The summed E-state index contributed by atoms with van der Waals surface area (Å²) in [6.07, 6.45) is 0. The second kappa shape index (κ2) is 7.11. The maximum absolute atomic E-state index is 12.8. The molecule has 0 aliphatic carbocycles. The Kier molecular flexibility index (Phi) is 4.72. The van der Waals surface area contributed by atoms with Crippen molar-refractivity contribution in [3.05, 3.63) is 60.3 Å². The van der Waals surface area contributed by atoms with E-state index in [1.807, 2.05) is 30.3 Å². The van der Waals surface area contributed by atoms with Crippen molar-refractivity contribution >= 4 is 28.3 Å². The highest BCUT2D eigenvalue weighted by Crippen LogP contribution is 2.22. The first-order chi connectivity index (χ1) is 12.5. The minimum Gasteiger partial charge on any atom is -0.497 e. The van der Waals surface area contributed by atoms with E-state index in [1.54, 1.807) is 41.9 Å². The number of nitrogens with zero attached hydrogens (tertiary/aromatic N) is 2. The van der Waals surface area contributed by atoms with Gasteiger partial charge in [-0.3, -0.25) is 9.59 Å². The van der Waals surface area contributed by atoms with Crippen molar-refractivity contribution in [1.82, 2.24) is 4.57 Å². The summed E-state index contributed by atoms with van der Waals surface area (Å²) >= 11 is 0. The van der Waals surface area contributed by atoms with Gasteiger partial charge in [0.05, 0.1) is 18.9 Å². The number of fused-ring (bicyclic) bond motifs is 1. The normalized spacial score (nSPS) is 11.6. The van der Waals surface area contributed by atoms with Gasteiger partial charge in [-0.15, -0.1) is 0 Å². The van der Waals surface area contributed by atoms with E-state index in [1.165, 1.54) is 7.11 Å². The van der Waals surface area contributed by atoms with E-state index >= 15 is 0 Å². The van der Waals surface area contributed by atoms with E-state index in [2.05, 4.69) is 5.32 Å². The fraction of sp³-hybridized carbons (Fsp3) is 0.150. The van der Waals surface area contributed by atoms with E-state index < -0.39 is 17.6 Å². The molecule has 1 amide bonds. The maximum Gasteiger partial charge on any atom is 0.249 e. The number of hydrogen-bond acceptors (Lipinski definition) is 4. The average molecular weight is 347 g/mol. The van der Waals surface area contributed by atoms with Gasteiger partial charge in [0, 0.05) is 29.7 Å². The fourth-order valence-corrected chi connectivity index (χ4v) is 2.82. The Labute approximate surface area is 150 Å². The highest BCUT2D eigenvalue weighted by molar-refractivity contribution is 6.16. The Hall–Kier alpha value is -3.59. The molecule has 0 spiro atoms. The number of ketones is 1. The number of Topliss-reactive ketones (excluding diaryl/α,β-unsaturated/α-hetero) is 1. The number of para-hydroxylation sites is 1. The summed E-state index contributed by atoms with van der Waals surface area (Å²) in [7, 11) is 3.26. The summed E-state index contributed by atoms with van der Waals surface area (Å²) in [5.74, 6) is -2.08. The van der Waals surface area contributed by atoms with Crippen LogP contribution in [0.1, 0.15) is 10.5 Å². The number of carbonyl (C=O) groups is 2. The van der Waals surface area contributed by atoms with Gasteiger partial charge in [0.2, 0.25) is 11.7 Å². The molecule has 1 atom stereocenters. The summed E-state index contributed by atoms with van der Waals surface area (Å²) in [5, 5.41) is 12.9. The fourth-order valence-electron chi connectivity index (χ4n) is 2.82. The number of carbonyl (C=O) groups excluding carboxylic acids is 2. The monoisotopic (exact) mass is 347 g/mol. The number of anilines is 1. The number of nitrogens with one attached hydrogen (secondary N) is 1. The molecule has 0 saturated heterocycles. The molecule has 6 heteroatoms. The van der Waals surface area contributed by atoms with Gasteiger partial charge in [-0.1, -0.05) is 24.3 Å². The van der Waals surface area contributed by atoms with Crippen molar-refractivity contribution in [3.8, 4) is 11.8 Å². The lowest BCUT2D eigenvalue weighted by Crippen LogP contribution is -2.29. The van der Waals surface area contributed by atoms with Gasteiger partial charge in [0.25, 0.3) is 0 Å². The van der Waals surface area contributed by atoms with Crippen molar-refractivity contribution in [2.75, 3.05) is 12.4 Å². The minimum atomic E-state index is -1.44. The van der Waals surface area contributed by atoms with Crippen LogP contribution in [0.5, 0.6) is 5.75 Å². The summed E-state index contributed by atoms with van der Waals surface area (Å²) in [6, 6.07) is 17.7. The SMILES string of the molecule is COc1cccc(NC(=O)C(C#N)C(=O)c2cc3ccccc3n2C)c1. The summed E-state index contributed by atoms with van der Waals surface area (Å²) < 4.78 is 6.80. The van der Waals surface area contributed by atoms with Crippen LogP contribution in [0.3, 0.4) is 0 Å². The number of amides is 1. The summed E-state index contributed by atoms with van der Waals surface area (Å²) in [5.41, 5.74) is 1.64. The molecule has 1 heterocycles. The Balaban J connectivity index is 1.87. The second-order valence-electron chi connectivity index (χ2n) is 5.79. The second-order valence-corrected chi connectivity index (χ2v) is 5.79. The molecule has 0 radical (unpaired) electrons. The third kappa shape index (κ3) is 3.15. The van der Waals surface area contributed by atoms with Gasteiger partial charge in [-0.2, -0.15) is 5.26 Å². The van der Waals surface area contributed by atoms with Crippen molar-refractivity contribution in [2.45, 2.75) is 0 Å². The largest absolute Gasteiger partial charge is 0.497 e. The molecule has 1 aromatic heterocycles. The topological polar surface area (TPSA) is 84.1 Å². The highest BCUT2D eigenvalue weighted by Gasteiger charge is 2.30. The molecule has 6 nitrogen and oxygen atoms in total. The Morgan fingerprint density at radius 2 is 1.92 bits per heavy atom. The van der Waals surface area contributed by atoms with Crippen molar-refractivity contribution in [3.63, 3.8) is 0 Å². The number of aromatic nitrogens is 1. The van der Waals surface area contributed by atoms with E-state index in [4.69, 9.17) is 4.74 Å². The predicted molar refractivity (Wildman–Crippen MR) is 98.0 cm³/mol. The number of methoxy groups -OCH3 is 1. The molecule has 3 aromatic rings. The minimum absolute atomic E-state index is 0.318. The Bertz CT molecular complexity index is 1030. The molecule has 0 bridgehead atoms. The molecule has 1 unspecified atom stereocenters. The smallest absolute Gasteiger partial charge is 0.249 e. The lowest BCUT2D eigenvalue weighted by molar-refractivity contribution is -0.117. The third-order valence-corrected chi connectivity index (χ3v) is 4.19. The third-order valence-electron chi connectivity index (χ3n) is 4.19. The molecule has 2 aromatic carbocycles. The van der Waals surface area contributed by atoms with E-state index in [9.17, 15) is 14.9 Å². The zero-order valence-electron chi connectivity index (χ0n) is 14.4. The quantitative estimate of drug-likeness (QED) is 0.568. The van der Waals surface area contributed by atoms with E-state index in [0.717, 1.165) is 10.9 Å². The molecule has 130 valence electrons. The van der Waals surface area contributed by atoms with Crippen LogP contribution in [0.15, 0.2) is 54.6 Å². The predicted octanol–water partition coefficient (Wildman–Crippen LogP) is 3.15. The summed E-state index contributed by atoms with van der Waals surface area (Å²) in [4.78, 5) is 25.3. The van der Waals surface area contributed by atoms with Crippen LogP contribution in [0.4, 0.5) is 5.69 Å². The first kappa shape index (κ1) is 17.2. The standard InChI is InChI=1S/C20H17N3O3/c1-23-17-9-4-3-6-13(17)10-18(23)19(24)16(12-21)20(25)22-14-7-5-8-15(11-14)26-2/h3-11,16H,1-2H3,(H,22,25). The van der Waals surface area contributed by atoms with Crippen molar-refractivity contribution in [1.29, 1.82) is 5.26 Å². The van der Waals surface area contributed by atoms with Gasteiger partial charge in [0.1, 0.15) is 5.75 Å². The molecular formula is C20H17N3O3. The molecule has 26 heavy (non-hydrogen) atoms. The molecule has 0 saturated carbocycles. The van der Waals surface area contributed by atoms with Crippen LogP contribution >= 0.6 is 0 Å². The first-order valence-corrected chi connectivity index (χ1v) is 7.98. The number of rotatable bonds is 5. The Morgan fingerprint density at radius 1 is 1.15 bits per heavy atom. The van der Waals surface area contributed by atoms with Gasteiger partial charge in [-0.05, 0) is 24.3 Å². The van der Waals surface area contributed by atoms with E-state index in [-0.39, 0.29) is 0 Å². The number of hydrogen-bond donors (Lipinski definition) is 1. The van der Waals surface area contributed by atoms with Gasteiger partial charge < -0.3 is 14.6 Å². The van der Waals surface area contributed by atoms with Crippen LogP contribution in [0.2, 0.25) is 0 Å². The van der Waals surface area contributed by atoms with Gasteiger partial charge in [-0.25, -0.2) is 0 Å². The van der Waals surface area contributed by atoms with Crippen LogP contribution in [-0.2, 0) is 11.8 Å². The Morgan fingerprint density at radius 3 is 2.62 bits per heavy atom. The van der Waals surface area contributed by atoms with Crippen LogP contribution in [-0.4, -0.2) is 23.4 Å². The van der Waals surface area contributed by atoms with Crippen LogP contribution < -0.4 is 10.1 Å². The number of ether oxygens (including phenoxy) is 1. The van der Waals surface area contributed by atoms with Gasteiger partial charge in [0.15, 0.2) is 5.92 Å². The molecular weight excluding hydrogens is 330 g/mol. The molecule has 0 aliphatic heterocycles. The molecule has 1 N–H and O–H groups in total. The first-order valence-electron chi connectivity index (χ1n) is 7.98. The summed E-state index contributed by atoms with van der Waals surface area (Å²) in [6.45, 7) is 0. The van der Waals surface area contributed by atoms with Crippen LogP contribution in [0, 0.1) is 17.2 Å². The lowest BCUT2D eigenvalue weighted by Gasteiger charge is -2.11. The average Bonchev–Trinajstić information content (AvgIpc) is 2.99. The van der Waals surface area contributed by atoms with Crippen molar-refractivity contribution < 1.29 is 14.3 Å².